The lowest BCUT2D eigenvalue weighted by atomic mass is 9.89. The summed E-state index contributed by atoms with van der Waals surface area (Å²) in [5.41, 5.74) is 6.05. The molecule has 0 spiro atoms. The summed E-state index contributed by atoms with van der Waals surface area (Å²) < 4.78 is 19.8. The molecule has 0 unspecified atom stereocenters. The van der Waals surface area contributed by atoms with Crippen LogP contribution in [0.2, 0.25) is 0 Å². The highest BCUT2D eigenvalue weighted by Crippen LogP contribution is 2.39. The summed E-state index contributed by atoms with van der Waals surface area (Å²) in [7, 11) is 0. The van der Waals surface area contributed by atoms with Crippen molar-refractivity contribution in [1.82, 2.24) is 9.97 Å². The molecule has 6 heteroatoms. The van der Waals surface area contributed by atoms with Gasteiger partial charge in [0.05, 0.1) is 11.8 Å². The first-order valence-corrected chi connectivity index (χ1v) is 10.7. The lowest BCUT2D eigenvalue weighted by molar-refractivity contribution is 0.305. The van der Waals surface area contributed by atoms with E-state index in [4.69, 9.17) is 4.74 Å². The second-order valence-electron chi connectivity index (χ2n) is 8.04. The molecule has 162 valence electrons. The van der Waals surface area contributed by atoms with Gasteiger partial charge in [0.1, 0.15) is 24.0 Å². The molecule has 1 N–H and O–H groups in total. The number of rotatable bonds is 4. The lowest BCUT2D eigenvalue weighted by Gasteiger charge is -2.13. The highest BCUT2D eigenvalue weighted by Gasteiger charge is 2.22. The number of halogens is 1. The molecule has 0 bridgehead atoms. The number of ether oxygens (including phenoxy) is 1. The Kier molecular flexibility index (Phi) is 5.91. The van der Waals surface area contributed by atoms with E-state index in [1.54, 1.807) is 19.9 Å². The molecule has 0 fully saturated rings. The number of aromatic amines is 1. The van der Waals surface area contributed by atoms with Crippen LogP contribution in [0.5, 0.6) is 5.75 Å². The van der Waals surface area contributed by atoms with Gasteiger partial charge >= 0.3 is 0 Å². The van der Waals surface area contributed by atoms with Crippen LogP contribution in [0.25, 0.3) is 5.57 Å². The predicted molar refractivity (Wildman–Crippen MR) is 121 cm³/mol. The summed E-state index contributed by atoms with van der Waals surface area (Å²) in [6, 6.07) is 12.5. The number of aryl methyl sites for hydroxylation is 2. The van der Waals surface area contributed by atoms with E-state index in [0.29, 0.717) is 34.7 Å². The van der Waals surface area contributed by atoms with E-state index in [9.17, 15) is 14.4 Å². The van der Waals surface area contributed by atoms with Crippen molar-refractivity contribution >= 4 is 5.57 Å². The van der Waals surface area contributed by atoms with Crippen molar-refractivity contribution in [3.05, 3.63) is 97.5 Å². The summed E-state index contributed by atoms with van der Waals surface area (Å²) in [4.78, 5) is 20.0. The maximum Gasteiger partial charge on any atom is 0.254 e. The van der Waals surface area contributed by atoms with Crippen molar-refractivity contribution in [2.24, 2.45) is 0 Å². The average molecular weight is 429 g/mol. The van der Waals surface area contributed by atoms with E-state index in [2.05, 4.69) is 23.0 Å². The van der Waals surface area contributed by atoms with E-state index < -0.39 is 0 Å². The molecule has 0 aliphatic carbocycles. The van der Waals surface area contributed by atoms with Crippen LogP contribution >= 0.6 is 0 Å². The van der Waals surface area contributed by atoms with Crippen LogP contribution in [-0.4, -0.2) is 9.97 Å². The van der Waals surface area contributed by atoms with Crippen molar-refractivity contribution in [2.45, 2.75) is 46.6 Å². The van der Waals surface area contributed by atoms with Crippen LogP contribution in [0.15, 0.2) is 46.8 Å². The molecule has 0 radical (unpaired) electrons. The van der Waals surface area contributed by atoms with Gasteiger partial charge in [0.2, 0.25) is 0 Å². The van der Waals surface area contributed by atoms with Gasteiger partial charge in [-0.1, -0.05) is 31.5 Å². The highest BCUT2D eigenvalue weighted by atomic mass is 19.1. The fourth-order valence-electron chi connectivity index (χ4n) is 4.20. The first-order chi connectivity index (χ1) is 15.4. The smallest absolute Gasteiger partial charge is 0.254 e. The fourth-order valence-corrected chi connectivity index (χ4v) is 4.20. The van der Waals surface area contributed by atoms with Gasteiger partial charge in [0.15, 0.2) is 0 Å². The zero-order chi connectivity index (χ0) is 22.8. The standard InChI is InChI=1S/C26H24FN3O2/c1-4-5-23-22(26(31)30-16(3)29-23)11-17-6-8-20-18(10-17)14-32-24-12-19(27)7-9-21(24)25(20)15(2)13-28/h6-10,12H,4-5,11,14H2,1-3H3,(H,29,30,31). The topological polar surface area (TPSA) is 78.8 Å². The van der Waals surface area contributed by atoms with Crippen molar-refractivity contribution in [2.75, 3.05) is 0 Å². The first-order valence-electron chi connectivity index (χ1n) is 10.7. The number of nitrogens with one attached hydrogen (secondary N) is 1. The SMILES string of the molecule is CCCc1nc(C)[nH]c(=O)c1Cc1ccc2c(c1)COc1cc(F)ccc1C2=C(C)C#N. The van der Waals surface area contributed by atoms with E-state index in [1.165, 1.54) is 12.1 Å². The van der Waals surface area contributed by atoms with Crippen LogP contribution in [0, 0.1) is 24.1 Å². The van der Waals surface area contributed by atoms with Crippen molar-refractivity contribution in [1.29, 1.82) is 5.26 Å². The Morgan fingerprint density at radius 3 is 2.78 bits per heavy atom. The Bertz CT molecular complexity index is 1330. The third-order valence-electron chi connectivity index (χ3n) is 5.67. The number of allylic oxidation sites excluding steroid dienone is 1. The Labute approximate surface area is 186 Å². The summed E-state index contributed by atoms with van der Waals surface area (Å²) in [5, 5.41) is 9.60. The third kappa shape index (κ3) is 4.06. The van der Waals surface area contributed by atoms with Crippen molar-refractivity contribution < 1.29 is 9.13 Å². The van der Waals surface area contributed by atoms with E-state index in [1.807, 2.05) is 18.2 Å². The molecule has 32 heavy (non-hydrogen) atoms. The fraction of sp³-hybridized carbons (Fsp3) is 0.269. The summed E-state index contributed by atoms with van der Waals surface area (Å²) in [6.07, 6.45) is 2.09. The average Bonchev–Trinajstić information content (AvgIpc) is 2.92. The minimum Gasteiger partial charge on any atom is -0.488 e. The number of nitriles is 1. The van der Waals surface area contributed by atoms with Crippen LogP contribution in [0.3, 0.4) is 0 Å². The van der Waals surface area contributed by atoms with Gasteiger partial charge in [-0.05, 0) is 49.1 Å². The second kappa shape index (κ2) is 8.80. The van der Waals surface area contributed by atoms with Gasteiger partial charge in [0.25, 0.3) is 5.56 Å². The van der Waals surface area contributed by atoms with Gasteiger partial charge in [-0.15, -0.1) is 0 Å². The molecule has 0 amide bonds. The largest absolute Gasteiger partial charge is 0.488 e. The Morgan fingerprint density at radius 1 is 1.25 bits per heavy atom. The molecular weight excluding hydrogens is 405 g/mol. The Hall–Kier alpha value is -3.72. The van der Waals surface area contributed by atoms with E-state index >= 15 is 0 Å². The minimum atomic E-state index is -0.390. The van der Waals surface area contributed by atoms with Gasteiger partial charge in [0, 0.05) is 34.8 Å². The molecule has 1 aliphatic heterocycles. The van der Waals surface area contributed by atoms with Gasteiger partial charge in [-0.25, -0.2) is 9.37 Å². The minimum absolute atomic E-state index is 0.115. The van der Waals surface area contributed by atoms with E-state index in [-0.39, 0.29) is 18.0 Å². The molecule has 1 aromatic heterocycles. The molecule has 3 aromatic rings. The number of aromatic nitrogens is 2. The molecule has 2 heterocycles. The molecule has 4 rings (SSSR count). The number of H-pyrrole nitrogens is 1. The normalized spacial score (nSPS) is 14.0. The maximum atomic E-state index is 13.8. The van der Waals surface area contributed by atoms with Gasteiger partial charge in [-0.2, -0.15) is 5.26 Å². The third-order valence-corrected chi connectivity index (χ3v) is 5.67. The Balaban J connectivity index is 1.80. The number of benzene rings is 2. The lowest BCUT2D eigenvalue weighted by Crippen LogP contribution is -2.19. The zero-order valence-corrected chi connectivity index (χ0v) is 18.4. The molecule has 0 saturated heterocycles. The number of fused-ring (bicyclic) bond motifs is 2. The summed E-state index contributed by atoms with van der Waals surface area (Å²) in [5.74, 6) is 0.639. The van der Waals surface area contributed by atoms with Crippen LogP contribution < -0.4 is 10.3 Å². The highest BCUT2D eigenvalue weighted by molar-refractivity contribution is 5.88. The molecule has 1 aliphatic rings. The molecule has 2 aromatic carbocycles. The summed E-state index contributed by atoms with van der Waals surface area (Å²) in [6.45, 7) is 5.84. The van der Waals surface area contributed by atoms with Crippen LogP contribution in [-0.2, 0) is 19.4 Å². The molecule has 0 saturated carbocycles. The zero-order valence-electron chi connectivity index (χ0n) is 18.4. The van der Waals surface area contributed by atoms with Crippen molar-refractivity contribution in [3.63, 3.8) is 0 Å². The summed E-state index contributed by atoms with van der Waals surface area (Å²) >= 11 is 0. The van der Waals surface area contributed by atoms with E-state index in [0.717, 1.165) is 40.8 Å². The number of hydrogen-bond acceptors (Lipinski definition) is 4. The molecule has 5 nitrogen and oxygen atoms in total. The predicted octanol–water partition coefficient (Wildman–Crippen LogP) is 5.00. The number of hydrogen-bond donors (Lipinski definition) is 1. The van der Waals surface area contributed by atoms with Crippen LogP contribution in [0.1, 0.15) is 59.6 Å². The first kappa shape index (κ1) is 21.5. The number of nitrogens with zero attached hydrogens (tertiary/aromatic N) is 2. The van der Waals surface area contributed by atoms with Crippen molar-refractivity contribution in [3.8, 4) is 11.8 Å². The van der Waals surface area contributed by atoms with Crippen LogP contribution in [0.4, 0.5) is 4.39 Å². The molecule has 0 atom stereocenters. The second-order valence-corrected chi connectivity index (χ2v) is 8.04. The monoisotopic (exact) mass is 429 g/mol. The maximum absolute atomic E-state index is 13.8. The Morgan fingerprint density at radius 2 is 2.03 bits per heavy atom. The van der Waals surface area contributed by atoms with Gasteiger partial charge < -0.3 is 9.72 Å². The quantitative estimate of drug-likeness (QED) is 0.592. The molecular formula is C26H24FN3O2. The van der Waals surface area contributed by atoms with Gasteiger partial charge in [-0.3, -0.25) is 4.79 Å².